The van der Waals surface area contributed by atoms with E-state index in [2.05, 4.69) is 14.9 Å². The third-order valence-electron chi connectivity index (χ3n) is 2.40. The molecule has 0 amide bonds. The Morgan fingerprint density at radius 2 is 2.00 bits per heavy atom. The average molecular weight is 213 g/mol. The maximum absolute atomic E-state index is 6.01. The van der Waals surface area contributed by atoms with Crippen LogP contribution in [0.1, 0.15) is 19.3 Å². The lowest BCUT2D eigenvalue weighted by atomic mass is 10.1. The fourth-order valence-electron chi connectivity index (χ4n) is 1.70. The molecule has 0 aromatic carbocycles. The van der Waals surface area contributed by atoms with Crippen molar-refractivity contribution in [2.24, 2.45) is 0 Å². The first-order valence-corrected chi connectivity index (χ1v) is 5.18. The summed E-state index contributed by atoms with van der Waals surface area (Å²) in [5.41, 5.74) is 5.53. The van der Waals surface area contributed by atoms with Gasteiger partial charge in [0.25, 0.3) is 0 Å². The summed E-state index contributed by atoms with van der Waals surface area (Å²) in [5.74, 6) is 1.06. The Morgan fingerprint density at radius 1 is 1.29 bits per heavy atom. The van der Waals surface area contributed by atoms with Gasteiger partial charge in [-0.3, -0.25) is 0 Å². The molecule has 76 valence electrons. The van der Waals surface area contributed by atoms with Crippen molar-refractivity contribution < 1.29 is 0 Å². The van der Waals surface area contributed by atoms with Crippen LogP contribution in [-0.2, 0) is 0 Å². The number of anilines is 2. The number of nitrogens with zero attached hydrogens (tertiary/aromatic N) is 3. The van der Waals surface area contributed by atoms with Crippen LogP contribution in [0.3, 0.4) is 0 Å². The maximum atomic E-state index is 6.01. The van der Waals surface area contributed by atoms with Gasteiger partial charge in [0.15, 0.2) is 5.82 Å². The van der Waals surface area contributed by atoms with E-state index in [0.717, 1.165) is 18.9 Å². The van der Waals surface area contributed by atoms with E-state index in [1.165, 1.54) is 19.3 Å². The first kappa shape index (κ1) is 9.52. The minimum Gasteiger partial charge on any atom is -0.368 e. The monoisotopic (exact) mass is 212 g/mol. The van der Waals surface area contributed by atoms with Gasteiger partial charge in [-0.2, -0.15) is 4.98 Å². The lowest BCUT2D eigenvalue weighted by Gasteiger charge is -2.28. The summed E-state index contributed by atoms with van der Waals surface area (Å²) in [7, 11) is 0. The normalized spacial score (nSPS) is 17.1. The number of aromatic nitrogens is 2. The highest BCUT2D eigenvalue weighted by Crippen LogP contribution is 2.25. The molecule has 0 saturated carbocycles. The predicted octanol–water partition coefficient (Wildman–Crippen LogP) is 1.70. The quantitative estimate of drug-likeness (QED) is 0.770. The van der Waals surface area contributed by atoms with Crippen molar-refractivity contribution in [2.75, 3.05) is 23.7 Å². The topological polar surface area (TPSA) is 55.0 Å². The lowest BCUT2D eigenvalue weighted by molar-refractivity contribution is 0.573. The molecule has 0 unspecified atom stereocenters. The number of rotatable bonds is 1. The summed E-state index contributed by atoms with van der Waals surface area (Å²) in [5, 5.41) is 0.584. The van der Waals surface area contributed by atoms with Gasteiger partial charge in [-0.15, -0.1) is 0 Å². The zero-order valence-corrected chi connectivity index (χ0v) is 8.67. The zero-order valence-electron chi connectivity index (χ0n) is 7.91. The van der Waals surface area contributed by atoms with E-state index in [-0.39, 0.29) is 5.95 Å². The zero-order chi connectivity index (χ0) is 9.97. The van der Waals surface area contributed by atoms with Crippen LogP contribution in [0.25, 0.3) is 0 Å². The standard InChI is InChI=1S/C9H13ClN4/c10-7-6-12-9(11)13-8(7)14-4-2-1-3-5-14/h6H,1-5H2,(H2,11,12,13). The minimum atomic E-state index is 0.287. The smallest absolute Gasteiger partial charge is 0.222 e. The average Bonchev–Trinajstić information content (AvgIpc) is 2.23. The van der Waals surface area contributed by atoms with Gasteiger partial charge in [-0.25, -0.2) is 4.98 Å². The number of hydrogen-bond donors (Lipinski definition) is 1. The number of nitrogens with two attached hydrogens (primary N) is 1. The maximum Gasteiger partial charge on any atom is 0.222 e. The molecule has 0 radical (unpaired) electrons. The van der Waals surface area contributed by atoms with Crippen LogP contribution in [-0.4, -0.2) is 23.1 Å². The molecule has 5 heteroatoms. The second kappa shape index (κ2) is 4.00. The van der Waals surface area contributed by atoms with E-state index < -0.39 is 0 Å². The van der Waals surface area contributed by atoms with Crippen molar-refractivity contribution in [3.63, 3.8) is 0 Å². The van der Waals surface area contributed by atoms with Crippen LogP contribution in [0.2, 0.25) is 5.02 Å². The molecule has 1 aliphatic rings. The van der Waals surface area contributed by atoms with Gasteiger partial charge in [0.1, 0.15) is 5.02 Å². The van der Waals surface area contributed by atoms with Crippen molar-refractivity contribution in [3.8, 4) is 0 Å². The van der Waals surface area contributed by atoms with Crippen molar-refractivity contribution in [1.29, 1.82) is 0 Å². The van der Waals surface area contributed by atoms with Gasteiger partial charge in [0.05, 0.1) is 6.20 Å². The molecule has 2 rings (SSSR count). The number of piperidine rings is 1. The second-order valence-electron chi connectivity index (χ2n) is 3.45. The molecule has 1 fully saturated rings. The van der Waals surface area contributed by atoms with Crippen molar-refractivity contribution in [3.05, 3.63) is 11.2 Å². The van der Waals surface area contributed by atoms with E-state index in [9.17, 15) is 0 Å². The molecule has 2 heterocycles. The third-order valence-corrected chi connectivity index (χ3v) is 2.67. The van der Waals surface area contributed by atoms with Gasteiger partial charge in [-0.1, -0.05) is 11.6 Å². The van der Waals surface area contributed by atoms with E-state index in [4.69, 9.17) is 17.3 Å². The molecule has 1 saturated heterocycles. The Kier molecular flexibility index (Phi) is 2.72. The Bertz CT molecular complexity index is 323. The predicted molar refractivity (Wildman–Crippen MR) is 57.5 cm³/mol. The molecule has 0 atom stereocenters. The van der Waals surface area contributed by atoms with Gasteiger partial charge in [-0.05, 0) is 19.3 Å². The summed E-state index contributed by atoms with van der Waals surface area (Å²) < 4.78 is 0. The molecular formula is C9H13ClN4. The molecule has 1 aliphatic heterocycles. The van der Waals surface area contributed by atoms with Crippen LogP contribution in [0.4, 0.5) is 11.8 Å². The van der Waals surface area contributed by atoms with Crippen LogP contribution >= 0.6 is 11.6 Å². The molecular weight excluding hydrogens is 200 g/mol. The van der Waals surface area contributed by atoms with Crippen LogP contribution in [0.5, 0.6) is 0 Å². The molecule has 2 N–H and O–H groups in total. The summed E-state index contributed by atoms with van der Waals surface area (Å²) in [6, 6.07) is 0. The van der Waals surface area contributed by atoms with E-state index in [1.54, 1.807) is 6.20 Å². The second-order valence-corrected chi connectivity index (χ2v) is 3.85. The molecule has 1 aromatic heterocycles. The van der Waals surface area contributed by atoms with E-state index >= 15 is 0 Å². The third kappa shape index (κ3) is 1.90. The van der Waals surface area contributed by atoms with Gasteiger partial charge < -0.3 is 10.6 Å². The molecule has 0 bridgehead atoms. The first-order chi connectivity index (χ1) is 6.77. The summed E-state index contributed by atoms with van der Waals surface area (Å²) in [4.78, 5) is 10.2. The Labute approximate surface area is 88.1 Å². The summed E-state index contributed by atoms with van der Waals surface area (Å²) >= 11 is 6.01. The van der Waals surface area contributed by atoms with Crippen molar-refractivity contribution in [2.45, 2.75) is 19.3 Å². The van der Waals surface area contributed by atoms with E-state index in [1.807, 2.05) is 0 Å². The lowest BCUT2D eigenvalue weighted by Crippen LogP contribution is -2.30. The highest BCUT2D eigenvalue weighted by molar-refractivity contribution is 6.32. The molecule has 1 aromatic rings. The largest absolute Gasteiger partial charge is 0.368 e. The molecule has 0 spiro atoms. The highest BCUT2D eigenvalue weighted by atomic mass is 35.5. The first-order valence-electron chi connectivity index (χ1n) is 4.80. The SMILES string of the molecule is Nc1ncc(Cl)c(N2CCCCC2)n1. The Morgan fingerprint density at radius 3 is 2.71 bits per heavy atom. The van der Waals surface area contributed by atoms with Gasteiger partial charge in [0.2, 0.25) is 5.95 Å². The van der Waals surface area contributed by atoms with E-state index in [0.29, 0.717) is 5.02 Å². The minimum absolute atomic E-state index is 0.287. The van der Waals surface area contributed by atoms with Crippen LogP contribution in [0.15, 0.2) is 6.20 Å². The van der Waals surface area contributed by atoms with Crippen LogP contribution in [0, 0.1) is 0 Å². The van der Waals surface area contributed by atoms with Crippen molar-refractivity contribution >= 4 is 23.4 Å². The number of halogens is 1. The van der Waals surface area contributed by atoms with Crippen LogP contribution < -0.4 is 10.6 Å². The summed E-state index contributed by atoms with van der Waals surface area (Å²) in [6.07, 6.45) is 5.24. The van der Waals surface area contributed by atoms with Crippen molar-refractivity contribution in [1.82, 2.24) is 9.97 Å². The molecule has 14 heavy (non-hydrogen) atoms. The fraction of sp³-hybridized carbons (Fsp3) is 0.556. The summed E-state index contributed by atoms with van der Waals surface area (Å²) in [6.45, 7) is 2.02. The Balaban J connectivity index is 2.24. The molecule has 0 aliphatic carbocycles. The fourth-order valence-corrected chi connectivity index (χ4v) is 1.91. The number of nitrogen functional groups attached to an aromatic ring is 1. The molecule has 4 nitrogen and oxygen atoms in total. The highest BCUT2D eigenvalue weighted by Gasteiger charge is 2.15. The van der Waals surface area contributed by atoms with Gasteiger partial charge in [0, 0.05) is 13.1 Å². The number of hydrogen-bond acceptors (Lipinski definition) is 4. The Hall–Kier alpha value is -1.03. The van der Waals surface area contributed by atoms with Gasteiger partial charge >= 0.3 is 0 Å².